The largest absolute Gasteiger partial charge is 0.491 e. The molecular formula is C18H29N3O3S. The number of benzene rings is 1. The first-order chi connectivity index (χ1) is 11.9. The Balaban J connectivity index is 1.87. The highest BCUT2D eigenvalue weighted by atomic mass is 32.2. The summed E-state index contributed by atoms with van der Waals surface area (Å²) in [5, 5.41) is 6.36. The summed E-state index contributed by atoms with van der Waals surface area (Å²) in [7, 11) is -2.90. The van der Waals surface area contributed by atoms with Crippen molar-refractivity contribution in [3.05, 3.63) is 29.8 Å². The standard InChI is InChI=1S/C18H29N3O3S/c1-4-19-18(21-15-9-12-25(22,23)13-15)20-10-11-24-17-8-6-5-7-16(17)14(2)3/h5-8,14-15H,4,9-13H2,1-3H3,(H2,19,20,21). The molecule has 2 N–H and O–H groups in total. The molecule has 1 atom stereocenters. The number of nitrogens with one attached hydrogen (secondary N) is 2. The second kappa shape index (κ2) is 9.08. The predicted octanol–water partition coefficient (Wildman–Crippen LogP) is 1.93. The third-order valence-electron chi connectivity index (χ3n) is 4.08. The van der Waals surface area contributed by atoms with Crippen LogP contribution in [0.25, 0.3) is 0 Å². The van der Waals surface area contributed by atoms with Crippen LogP contribution < -0.4 is 15.4 Å². The Labute approximate surface area is 151 Å². The number of sulfone groups is 1. The molecule has 0 amide bonds. The molecule has 1 unspecified atom stereocenters. The Bertz CT molecular complexity index is 687. The van der Waals surface area contributed by atoms with Gasteiger partial charge in [-0.15, -0.1) is 0 Å². The molecule has 1 heterocycles. The maximum absolute atomic E-state index is 11.6. The number of guanidine groups is 1. The molecule has 25 heavy (non-hydrogen) atoms. The van der Waals surface area contributed by atoms with Crippen LogP contribution >= 0.6 is 0 Å². The van der Waals surface area contributed by atoms with E-state index in [-0.39, 0.29) is 17.5 Å². The van der Waals surface area contributed by atoms with Crippen molar-refractivity contribution in [3.63, 3.8) is 0 Å². The molecule has 0 spiro atoms. The smallest absolute Gasteiger partial charge is 0.191 e. The van der Waals surface area contributed by atoms with Gasteiger partial charge in [-0.25, -0.2) is 13.4 Å². The van der Waals surface area contributed by atoms with E-state index in [1.165, 1.54) is 5.56 Å². The van der Waals surface area contributed by atoms with Gasteiger partial charge in [-0.1, -0.05) is 32.0 Å². The highest BCUT2D eigenvalue weighted by Gasteiger charge is 2.28. The van der Waals surface area contributed by atoms with Crippen molar-refractivity contribution in [2.24, 2.45) is 4.99 Å². The van der Waals surface area contributed by atoms with Crippen LogP contribution in [0.5, 0.6) is 5.75 Å². The molecule has 0 bridgehead atoms. The van der Waals surface area contributed by atoms with E-state index in [9.17, 15) is 8.42 Å². The molecule has 1 saturated heterocycles. The van der Waals surface area contributed by atoms with E-state index in [0.717, 1.165) is 12.3 Å². The molecule has 2 rings (SSSR count). The van der Waals surface area contributed by atoms with Crippen LogP contribution in [-0.2, 0) is 9.84 Å². The van der Waals surface area contributed by atoms with Gasteiger partial charge in [0.25, 0.3) is 0 Å². The van der Waals surface area contributed by atoms with E-state index < -0.39 is 9.84 Å². The molecule has 1 aliphatic rings. The van der Waals surface area contributed by atoms with Crippen LogP contribution in [-0.4, -0.2) is 51.6 Å². The summed E-state index contributed by atoms with van der Waals surface area (Å²) < 4.78 is 29.0. The zero-order valence-corrected chi connectivity index (χ0v) is 16.1. The molecule has 0 aromatic heterocycles. The zero-order chi connectivity index (χ0) is 18.3. The number of aliphatic imine (C=N–C) groups is 1. The third-order valence-corrected chi connectivity index (χ3v) is 5.85. The summed E-state index contributed by atoms with van der Waals surface area (Å²) in [6.45, 7) is 7.97. The number of para-hydroxylation sites is 1. The van der Waals surface area contributed by atoms with Crippen molar-refractivity contribution in [2.75, 3.05) is 31.2 Å². The number of nitrogens with zero attached hydrogens (tertiary/aromatic N) is 1. The lowest BCUT2D eigenvalue weighted by atomic mass is 10.0. The lowest BCUT2D eigenvalue weighted by molar-refractivity contribution is 0.323. The minimum atomic E-state index is -2.90. The fourth-order valence-corrected chi connectivity index (χ4v) is 4.50. The Kier molecular flexibility index (Phi) is 7.11. The Hall–Kier alpha value is -1.76. The molecule has 7 heteroatoms. The Morgan fingerprint density at radius 1 is 1.36 bits per heavy atom. The van der Waals surface area contributed by atoms with Gasteiger partial charge in [0.2, 0.25) is 0 Å². The summed E-state index contributed by atoms with van der Waals surface area (Å²) in [5.74, 6) is 2.37. The topological polar surface area (TPSA) is 79.8 Å². The highest BCUT2D eigenvalue weighted by Crippen LogP contribution is 2.25. The van der Waals surface area contributed by atoms with Gasteiger partial charge in [-0.3, -0.25) is 0 Å². The molecule has 1 fully saturated rings. The molecule has 1 aromatic carbocycles. The van der Waals surface area contributed by atoms with Crippen molar-refractivity contribution in [2.45, 2.75) is 39.2 Å². The van der Waals surface area contributed by atoms with E-state index >= 15 is 0 Å². The second-order valence-corrected chi connectivity index (χ2v) is 8.77. The van der Waals surface area contributed by atoms with Crippen molar-refractivity contribution < 1.29 is 13.2 Å². The molecule has 140 valence electrons. The average Bonchev–Trinajstić information content (AvgIpc) is 2.90. The zero-order valence-electron chi connectivity index (χ0n) is 15.3. The van der Waals surface area contributed by atoms with Gasteiger partial charge < -0.3 is 15.4 Å². The van der Waals surface area contributed by atoms with Gasteiger partial charge in [-0.2, -0.15) is 0 Å². The van der Waals surface area contributed by atoms with Gasteiger partial charge in [0, 0.05) is 12.6 Å². The van der Waals surface area contributed by atoms with E-state index in [1.807, 2.05) is 25.1 Å². The lowest BCUT2D eigenvalue weighted by Gasteiger charge is -2.16. The number of hydrogen-bond acceptors (Lipinski definition) is 4. The highest BCUT2D eigenvalue weighted by molar-refractivity contribution is 7.91. The molecular weight excluding hydrogens is 338 g/mol. The van der Waals surface area contributed by atoms with Crippen LogP contribution in [0.4, 0.5) is 0 Å². The Morgan fingerprint density at radius 3 is 2.76 bits per heavy atom. The fourth-order valence-electron chi connectivity index (χ4n) is 2.82. The molecule has 1 aromatic rings. The van der Waals surface area contributed by atoms with Gasteiger partial charge in [-0.05, 0) is 30.9 Å². The first-order valence-corrected chi connectivity index (χ1v) is 10.7. The quantitative estimate of drug-likeness (QED) is 0.437. The maximum Gasteiger partial charge on any atom is 0.191 e. The number of ether oxygens (including phenoxy) is 1. The fraction of sp³-hybridized carbons (Fsp3) is 0.611. The molecule has 0 radical (unpaired) electrons. The second-order valence-electron chi connectivity index (χ2n) is 6.55. The van der Waals surface area contributed by atoms with Crippen molar-refractivity contribution in [3.8, 4) is 5.75 Å². The average molecular weight is 368 g/mol. The van der Waals surface area contributed by atoms with Crippen molar-refractivity contribution in [1.82, 2.24) is 10.6 Å². The van der Waals surface area contributed by atoms with Crippen LogP contribution in [0.3, 0.4) is 0 Å². The first kappa shape index (κ1) is 19.6. The molecule has 0 aliphatic carbocycles. The number of rotatable bonds is 7. The minimum Gasteiger partial charge on any atom is -0.491 e. The van der Waals surface area contributed by atoms with E-state index in [4.69, 9.17) is 4.74 Å². The van der Waals surface area contributed by atoms with Crippen LogP contribution in [0.15, 0.2) is 29.3 Å². The van der Waals surface area contributed by atoms with Gasteiger partial charge in [0.15, 0.2) is 15.8 Å². The Morgan fingerprint density at radius 2 is 2.12 bits per heavy atom. The summed E-state index contributed by atoms with van der Waals surface area (Å²) >= 11 is 0. The monoisotopic (exact) mass is 367 g/mol. The molecule has 6 nitrogen and oxygen atoms in total. The van der Waals surface area contributed by atoms with Crippen molar-refractivity contribution in [1.29, 1.82) is 0 Å². The van der Waals surface area contributed by atoms with Crippen LogP contribution in [0, 0.1) is 0 Å². The van der Waals surface area contributed by atoms with Crippen LogP contribution in [0.1, 0.15) is 38.7 Å². The predicted molar refractivity (Wildman–Crippen MR) is 102 cm³/mol. The van der Waals surface area contributed by atoms with Crippen molar-refractivity contribution >= 4 is 15.8 Å². The maximum atomic E-state index is 11.6. The number of hydrogen-bond donors (Lipinski definition) is 2. The van der Waals surface area contributed by atoms with Gasteiger partial charge in [0.05, 0.1) is 18.1 Å². The SMILES string of the molecule is CCNC(=NCCOc1ccccc1C(C)C)NC1CCS(=O)(=O)C1. The summed E-state index contributed by atoms with van der Waals surface area (Å²) in [4.78, 5) is 4.49. The summed E-state index contributed by atoms with van der Waals surface area (Å²) in [6, 6.07) is 7.98. The van der Waals surface area contributed by atoms with E-state index in [2.05, 4.69) is 35.5 Å². The van der Waals surface area contributed by atoms with Crippen LogP contribution in [0.2, 0.25) is 0 Å². The summed E-state index contributed by atoms with van der Waals surface area (Å²) in [5.41, 5.74) is 1.19. The summed E-state index contributed by atoms with van der Waals surface area (Å²) in [6.07, 6.45) is 0.630. The normalized spacial score (nSPS) is 19.8. The van der Waals surface area contributed by atoms with E-state index in [1.54, 1.807) is 0 Å². The minimum absolute atomic E-state index is 0.0645. The van der Waals surface area contributed by atoms with Gasteiger partial charge in [0.1, 0.15) is 12.4 Å². The molecule has 1 aliphatic heterocycles. The van der Waals surface area contributed by atoms with Gasteiger partial charge >= 0.3 is 0 Å². The molecule has 0 saturated carbocycles. The van der Waals surface area contributed by atoms with E-state index in [0.29, 0.717) is 31.4 Å². The lowest BCUT2D eigenvalue weighted by Crippen LogP contribution is -2.44. The first-order valence-electron chi connectivity index (χ1n) is 8.88. The third kappa shape index (κ3) is 6.23.